The number of rotatable bonds is 9. The van der Waals surface area contributed by atoms with Crippen LogP contribution >= 0.6 is 7.26 Å². The van der Waals surface area contributed by atoms with Gasteiger partial charge in [0.2, 0.25) is 0 Å². The van der Waals surface area contributed by atoms with Crippen molar-refractivity contribution in [2.24, 2.45) is 11.8 Å². The van der Waals surface area contributed by atoms with Gasteiger partial charge in [0.1, 0.15) is 0 Å². The summed E-state index contributed by atoms with van der Waals surface area (Å²) in [6, 6.07) is 22.1. The summed E-state index contributed by atoms with van der Waals surface area (Å²) < 4.78 is 0. The normalized spacial score (nSPS) is 14.5. The molecule has 0 heterocycles. The summed E-state index contributed by atoms with van der Waals surface area (Å²) in [4.78, 5) is 0. The van der Waals surface area contributed by atoms with Gasteiger partial charge in [-0.05, 0) is 36.6 Å². The van der Waals surface area contributed by atoms with E-state index in [1.165, 1.54) is 29.6 Å². The minimum atomic E-state index is -1.53. The summed E-state index contributed by atoms with van der Waals surface area (Å²) >= 11 is 0. The second kappa shape index (κ2) is 9.51. The topological polar surface area (TPSA) is 20.2 Å². The fourth-order valence-electron chi connectivity index (χ4n) is 3.82. The number of benzene rings is 2. The van der Waals surface area contributed by atoms with E-state index in [-0.39, 0.29) is 6.10 Å². The van der Waals surface area contributed by atoms with Crippen LogP contribution in [0.4, 0.5) is 0 Å². The molecule has 0 saturated carbocycles. The first-order valence-corrected chi connectivity index (χ1v) is 11.8. The lowest BCUT2D eigenvalue weighted by atomic mass is 9.97. The van der Waals surface area contributed by atoms with Gasteiger partial charge in [-0.1, -0.05) is 70.5 Å². The van der Waals surface area contributed by atoms with Crippen LogP contribution in [0.1, 0.15) is 40.5 Å². The van der Waals surface area contributed by atoms with Crippen molar-refractivity contribution in [2.45, 2.75) is 46.6 Å². The number of aliphatic hydroxyl groups is 1. The van der Waals surface area contributed by atoms with Gasteiger partial charge in [-0.3, -0.25) is 0 Å². The van der Waals surface area contributed by atoms with Gasteiger partial charge >= 0.3 is 0 Å². The second-order valence-electron chi connectivity index (χ2n) is 7.61. The average molecular weight is 357 g/mol. The maximum Gasteiger partial charge on any atom is 0.0991 e. The van der Waals surface area contributed by atoms with Crippen LogP contribution in [-0.2, 0) is 0 Å². The van der Waals surface area contributed by atoms with Gasteiger partial charge in [0.15, 0.2) is 0 Å². The molecule has 2 atom stereocenters. The fourth-order valence-corrected chi connectivity index (χ4v) is 8.78. The fraction of sp³-hybridized carbons (Fsp3) is 0.478. The van der Waals surface area contributed by atoms with Crippen LogP contribution in [0, 0.1) is 11.8 Å². The monoisotopic (exact) mass is 357 g/mol. The number of unbranched alkanes of at least 4 members (excludes halogenated alkanes) is 1. The highest BCUT2D eigenvalue weighted by Gasteiger charge is 2.44. The Kier molecular flexibility index (Phi) is 7.66. The van der Waals surface area contributed by atoms with Crippen LogP contribution in [0.3, 0.4) is 0 Å². The predicted octanol–water partition coefficient (Wildman–Crippen LogP) is 5.11. The first-order valence-electron chi connectivity index (χ1n) is 9.67. The van der Waals surface area contributed by atoms with Crippen LogP contribution < -0.4 is 10.6 Å². The minimum Gasteiger partial charge on any atom is -0.392 e. The van der Waals surface area contributed by atoms with E-state index < -0.39 is 7.26 Å². The first-order chi connectivity index (χ1) is 12.0. The molecule has 2 heteroatoms. The van der Waals surface area contributed by atoms with Crippen LogP contribution in [0.2, 0.25) is 0 Å². The molecule has 0 spiro atoms. The Labute approximate surface area is 154 Å². The van der Waals surface area contributed by atoms with Gasteiger partial charge in [-0.25, -0.2) is 0 Å². The Balaban J connectivity index is 2.51. The van der Waals surface area contributed by atoms with Crippen molar-refractivity contribution in [1.29, 1.82) is 0 Å². The summed E-state index contributed by atoms with van der Waals surface area (Å²) in [5.74, 6) is 0.597. The Morgan fingerprint density at radius 3 is 1.72 bits per heavy atom. The number of aliphatic hydroxyl groups excluding tert-OH is 1. The molecule has 0 fully saturated rings. The number of hydrogen-bond donors (Lipinski definition) is 1. The highest BCUT2D eigenvalue weighted by atomic mass is 31.2. The molecule has 0 aliphatic carbocycles. The van der Waals surface area contributed by atoms with Crippen LogP contribution in [0.5, 0.6) is 0 Å². The van der Waals surface area contributed by atoms with Gasteiger partial charge in [-0.15, -0.1) is 0 Å². The van der Waals surface area contributed by atoms with E-state index in [4.69, 9.17) is 0 Å². The SMILES string of the molecule is CCCC[P+](CC(C)C(O)C(C)C)(c1ccccc1)c1ccccc1. The molecule has 2 aromatic carbocycles. The molecule has 1 N–H and O–H groups in total. The molecular weight excluding hydrogens is 323 g/mol. The molecule has 1 nitrogen and oxygen atoms in total. The average Bonchev–Trinajstić information content (AvgIpc) is 2.65. The third-order valence-corrected chi connectivity index (χ3v) is 10.1. The maximum absolute atomic E-state index is 10.7. The Bertz CT molecular complexity index is 569. The van der Waals surface area contributed by atoms with E-state index in [1.54, 1.807) is 0 Å². The highest BCUT2D eigenvalue weighted by Crippen LogP contribution is 2.58. The van der Waals surface area contributed by atoms with E-state index in [1.807, 2.05) is 0 Å². The molecule has 25 heavy (non-hydrogen) atoms. The zero-order valence-corrected chi connectivity index (χ0v) is 17.1. The third kappa shape index (κ3) is 4.93. The van der Waals surface area contributed by atoms with Gasteiger partial charge in [-0.2, -0.15) is 0 Å². The molecule has 2 rings (SSSR count). The zero-order chi connectivity index (χ0) is 18.3. The van der Waals surface area contributed by atoms with E-state index in [2.05, 4.69) is 88.4 Å². The molecule has 2 unspecified atom stereocenters. The second-order valence-corrected chi connectivity index (χ2v) is 11.4. The smallest absolute Gasteiger partial charge is 0.0991 e. The van der Waals surface area contributed by atoms with E-state index >= 15 is 0 Å². The molecule has 2 aromatic rings. The summed E-state index contributed by atoms with van der Waals surface area (Å²) in [5.41, 5.74) is 0. The number of hydrogen-bond acceptors (Lipinski definition) is 1. The highest BCUT2D eigenvalue weighted by molar-refractivity contribution is 7.89. The van der Waals surface area contributed by atoms with Crippen molar-refractivity contribution >= 4 is 17.9 Å². The summed E-state index contributed by atoms with van der Waals surface area (Å²) in [6.07, 6.45) is 4.52. The maximum atomic E-state index is 10.7. The quantitative estimate of drug-likeness (QED) is 0.619. The standard InChI is InChI=1S/C23H34OP/c1-5-6-17-25(21-13-9-7-10-14-21,22-15-11-8-12-16-22)18-20(4)23(24)19(2)3/h7-16,19-20,23-24H,5-6,17-18H2,1-4H3/q+1. The van der Waals surface area contributed by atoms with Crippen molar-refractivity contribution in [2.75, 3.05) is 12.3 Å². The van der Waals surface area contributed by atoms with Crippen molar-refractivity contribution in [3.8, 4) is 0 Å². The molecular formula is C23H34OP+. The summed E-state index contributed by atoms with van der Waals surface area (Å²) in [5, 5.41) is 13.7. The molecule has 136 valence electrons. The van der Waals surface area contributed by atoms with Crippen molar-refractivity contribution < 1.29 is 5.11 Å². The third-order valence-electron chi connectivity index (χ3n) is 5.26. The Hall–Kier alpha value is -1.17. The molecule has 0 aliphatic rings. The summed E-state index contributed by atoms with van der Waals surface area (Å²) in [7, 11) is -1.53. The van der Waals surface area contributed by atoms with Crippen molar-refractivity contribution in [3.05, 3.63) is 60.7 Å². The lowest BCUT2D eigenvalue weighted by molar-refractivity contribution is 0.0815. The van der Waals surface area contributed by atoms with E-state index in [9.17, 15) is 5.11 Å². The van der Waals surface area contributed by atoms with Crippen molar-refractivity contribution in [1.82, 2.24) is 0 Å². The minimum absolute atomic E-state index is 0.242. The molecule has 0 bridgehead atoms. The van der Waals surface area contributed by atoms with Crippen LogP contribution in [-0.4, -0.2) is 23.5 Å². The Morgan fingerprint density at radius 2 is 1.32 bits per heavy atom. The van der Waals surface area contributed by atoms with Crippen LogP contribution in [0.15, 0.2) is 60.7 Å². The van der Waals surface area contributed by atoms with Gasteiger partial charge in [0, 0.05) is 5.92 Å². The van der Waals surface area contributed by atoms with Crippen molar-refractivity contribution in [3.63, 3.8) is 0 Å². The molecule has 0 aliphatic heterocycles. The molecule has 0 radical (unpaired) electrons. The Morgan fingerprint density at radius 1 is 0.840 bits per heavy atom. The summed E-state index contributed by atoms with van der Waals surface area (Å²) in [6.45, 7) is 8.75. The van der Waals surface area contributed by atoms with Crippen LogP contribution in [0.25, 0.3) is 0 Å². The van der Waals surface area contributed by atoms with E-state index in [0.717, 1.165) is 6.16 Å². The van der Waals surface area contributed by atoms with Gasteiger partial charge in [0.25, 0.3) is 0 Å². The first kappa shape index (κ1) is 20.1. The van der Waals surface area contributed by atoms with Gasteiger partial charge in [0.05, 0.1) is 36.3 Å². The zero-order valence-electron chi connectivity index (χ0n) is 16.2. The van der Waals surface area contributed by atoms with Gasteiger partial charge < -0.3 is 5.11 Å². The molecule has 0 amide bonds. The molecule has 0 aromatic heterocycles. The predicted molar refractivity (Wildman–Crippen MR) is 114 cm³/mol. The lowest BCUT2D eigenvalue weighted by Gasteiger charge is -2.32. The lowest BCUT2D eigenvalue weighted by Crippen LogP contribution is -2.35. The van der Waals surface area contributed by atoms with E-state index in [0.29, 0.717) is 11.8 Å². The largest absolute Gasteiger partial charge is 0.392 e. The molecule has 0 saturated heterocycles.